The molecule has 2 fully saturated rings. The summed E-state index contributed by atoms with van der Waals surface area (Å²) in [6, 6.07) is 20.6. The van der Waals surface area contributed by atoms with Gasteiger partial charge in [0.2, 0.25) is 11.8 Å². The van der Waals surface area contributed by atoms with Gasteiger partial charge < -0.3 is 49.3 Å². The minimum atomic E-state index is -1.06. The number of fused-ring (bicyclic) bond motifs is 2. The largest absolute Gasteiger partial charge is 0.492 e. The van der Waals surface area contributed by atoms with Crippen LogP contribution in [0.3, 0.4) is 0 Å². The first-order chi connectivity index (χ1) is 33.0. The Hall–Kier alpha value is -5.96. The zero-order valence-corrected chi connectivity index (χ0v) is 40.4. The summed E-state index contributed by atoms with van der Waals surface area (Å²) in [6.45, 7) is 7.07. The molecule has 0 bridgehead atoms. The van der Waals surface area contributed by atoms with E-state index in [9.17, 15) is 14.4 Å². The highest BCUT2D eigenvalue weighted by molar-refractivity contribution is 6.30. The molecule has 2 aliphatic heterocycles. The molecule has 68 heavy (non-hydrogen) atoms. The number of benzene rings is 2. The average Bonchev–Trinajstić information content (AvgIpc) is 4.01. The number of rotatable bonds is 20. The van der Waals surface area contributed by atoms with Crippen molar-refractivity contribution in [2.45, 2.75) is 43.8 Å². The van der Waals surface area contributed by atoms with E-state index < -0.39 is 5.54 Å². The van der Waals surface area contributed by atoms with E-state index in [1.807, 2.05) is 84.4 Å². The number of halogens is 1. The number of carbonyl (C=O) groups excluding carboxylic acids is 3. The molecule has 0 spiro atoms. The summed E-state index contributed by atoms with van der Waals surface area (Å²) in [7, 11) is 7.76. The van der Waals surface area contributed by atoms with Crippen LogP contribution in [0.2, 0.25) is 5.02 Å². The van der Waals surface area contributed by atoms with Crippen LogP contribution in [0.1, 0.15) is 53.3 Å². The van der Waals surface area contributed by atoms with Crippen LogP contribution in [-0.4, -0.2) is 175 Å². The number of imidazole rings is 1. The van der Waals surface area contributed by atoms with Crippen LogP contribution in [-0.2, 0) is 20.9 Å². The van der Waals surface area contributed by atoms with Gasteiger partial charge in [0, 0.05) is 81.7 Å². The summed E-state index contributed by atoms with van der Waals surface area (Å²) in [5.41, 5.74) is 10.1. The Kier molecular flexibility index (Phi) is 16.0. The van der Waals surface area contributed by atoms with Crippen molar-refractivity contribution in [3.63, 3.8) is 0 Å². The Morgan fingerprint density at radius 1 is 0.941 bits per heavy atom. The van der Waals surface area contributed by atoms with Gasteiger partial charge in [-0.15, -0.1) is 0 Å². The lowest BCUT2D eigenvalue weighted by atomic mass is 9.86. The van der Waals surface area contributed by atoms with E-state index in [-0.39, 0.29) is 55.6 Å². The fraction of sp³-hybridized carbons (Fsp3) is 0.438. The normalized spacial score (nSPS) is 15.8. The van der Waals surface area contributed by atoms with E-state index in [0.29, 0.717) is 94.4 Å². The third kappa shape index (κ3) is 11.8. The number of likely N-dealkylation sites (N-methyl/N-ethyl adjacent to an activating group) is 1. The molecule has 1 atom stereocenters. The van der Waals surface area contributed by atoms with Crippen molar-refractivity contribution in [2.24, 2.45) is 5.73 Å². The zero-order chi connectivity index (χ0) is 47.6. The molecule has 0 unspecified atom stereocenters. The number of aromatic nitrogens is 6. The fourth-order valence-electron chi connectivity index (χ4n) is 8.70. The van der Waals surface area contributed by atoms with Crippen LogP contribution in [0.5, 0.6) is 5.75 Å². The van der Waals surface area contributed by atoms with Crippen LogP contribution in [0.15, 0.2) is 85.6 Å². The van der Waals surface area contributed by atoms with Crippen molar-refractivity contribution in [1.82, 2.24) is 54.1 Å². The van der Waals surface area contributed by atoms with E-state index in [4.69, 9.17) is 26.8 Å². The summed E-state index contributed by atoms with van der Waals surface area (Å²) in [4.78, 5) is 70.0. The number of nitrogens with zero attached hydrogens (tertiary/aromatic N) is 10. The number of carbonyl (C=O) groups is 3. The highest BCUT2D eigenvalue weighted by Gasteiger charge is 2.42. The van der Waals surface area contributed by atoms with Gasteiger partial charge in [0.05, 0.1) is 43.4 Å². The Morgan fingerprint density at radius 3 is 2.50 bits per heavy atom. The van der Waals surface area contributed by atoms with E-state index >= 15 is 0 Å². The second kappa shape index (κ2) is 22.4. The smallest absolute Gasteiger partial charge is 0.270 e. The molecule has 2 saturated heterocycles. The summed E-state index contributed by atoms with van der Waals surface area (Å²) in [6.07, 6.45) is 6.92. The van der Waals surface area contributed by atoms with Gasteiger partial charge in [0.15, 0.2) is 16.1 Å². The number of piperazine rings is 1. The molecule has 0 saturated carbocycles. The van der Waals surface area contributed by atoms with Crippen molar-refractivity contribution in [3.8, 4) is 5.75 Å². The fourth-order valence-corrected chi connectivity index (χ4v) is 9.33. The average molecular weight is 962 g/mol. The Balaban J connectivity index is 0.755. The molecule has 3 amide bonds. The first-order valence-electron chi connectivity index (χ1n) is 23.1. The molecule has 20 heteroatoms. The molecule has 6 heterocycles. The lowest BCUT2D eigenvalue weighted by molar-refractivity contribution is -0.136. The number of aromatic amines is 1. The number of hydrogen-bond acceptors (Lipinski definition) is 13. The van der Waals surface area contributed by atoms with Gasteiger partial charge in [-0.05, 0) is 75.3 Å². The van der Waals surface area contributed by atoms with E-state index in [1.165, 1.54) is 0 Å². The molecular weight excluding hydrogens is 902 g/mol. The molecule has 18 nitrogen and oxygen atoms in total. The predicted molar refractivity (Wildman–Crippen MR) is 262 cm³/mol. The molecule has 0 aliphatic carbocycles. The summed E-state index contributed by atoms with van der Waals surface area (Å²) >= 11 is 6.27. The minimum Gasteiger partial charge on any atom is -0.492 e. The van der Waals surface area contributed by atoms with Crippen LogP contribution in [0.4, 0.5) is 5.82 Å². The van der Waals surface area contributed by atoms with Crippen molar-refractivity contribution in [3.05, 3.63) is 107 Å². The maximum Gasteiger partial charge on any atom is 0.270 e. The molecule has 4 aromatic heterocycles. The maximum atomic E-state index is 14.2. The van der Waals surface area contributed by atoms with Crippen LogP contribution in [0.25, 0.3) is 22.2 Å². The van der Waals surface area contributed by atoms with Gasteiger partial charge in [0.25, 0.3) is 5.91 Å². The van der Waals surface area contributed by atoms with E-state index in [2.05, 4.69) is 55.3 Å². The number of H-pyrrole nitrogens is 1. The number of amides is 3. The van der Waals surface area contributed by atoms with Crippen molar-refractivity contribution >= 4 is 67.7 Å². The summed E-state index contributed by atoms with van der Waals surface area (Å²) in [5.74, 6) is 1.17. The van der Waals surface area contributed by atoms with E-state index in [1.54, 1.807) is 29.4 Å². The Morgan fingerprint density at radius 2 is 1.72 bits per heavy atom. The number of hydrogen-bond donors (Lipinski definition) is 3. The Bertz CT molecular complexity index is 2650. The zero-order valence-electron chi connectivity index (χ0n) is 38.6. The van der Waals surface area contributed by atoms with Crippen LogP contribution >= 0.6 is 11.6 Å². The number of piperidine rings is 1. The molecule has 2 aliphatic rings. The maximum absolute atomic E-state index is 14.2. The summed E-state index contributed by atoms with van der Waals surface area (Å²) in [5, 5.41) is 4.43. The number of nitrogens with one attached hydrogen (secondary N) is 2. The Labute approximate surface area is 404 Å². The number of pyridine rings is 1. The van der Waals surface area contributed by atoms with Crippen molar-refractivity contribution in [2.75, 3.05) is 97.7 Å². The molecule has 357 valence electrons. The lowest BCUT2D eigenvalue weighted by Gasteiger charge is -2.43. The third-order valence-corrected chi connectivity index (χ3v) is 13.5. The number of ether oxygens (including phenoxy) is 2. The lowest BCUT2D eigenvalue weighted by Crippen LogP contribution is -2.60. The molecule has 4 N–H and O–H groups in total. The predicted octanol–water partition coefficient (Wildman–Crippen LogP) is 3.67. The second-order valence-electron chi connectivity index (χ2n) is 17.6. The van der Waals surface area contributed by atoms with Crippen molar-refractivity contribution < 1.29 is 23.9 Å². The van der Waals surface area contributed by atoms with Crippen LogP contribution in [0, 0.1) is 0 Å². The van der Waals surface area contributed by atoms with Gasteiger partial charge >= 0.3 is 0 Å². The monoisotopic (exact) mass is 960 g/mol. The minimum absolute atomic E-state index is 0.0260. The first kappa shape index (κ1) is 48.5. The van der Waals surface area contributed by atoms with Gasteiger partial charge in [0.1, 0.15) is 41.4 Å². The van der Waals surface area contributed by atoms with Gasteiger partial charge in [-0.1, -0.05) is 41.9 Å². The topological polar surface area (TPSA) is 196 Å². The number of para-hydroxylation sites is 1. The molecule has 3 radical (unpaired) electrons. The third-order valence-electron chi connectivity index (χ3n) is 12.7. The molecule has 8 rings (SSSR count). The second-order valence-corrected chi connectivity index (χ2v) is 18.5. The first-order valence-corrected chi connectivity index (χ1v) is 23.9. The van der Waals surface area contributed by atoms with Crippen LogP contribution < -0.4 is 20.7 Å². The van der Waals surface area contributed by atoms with Gasteiger partial charge in [-0.25, -0.2) is 19.9 Å². The number of anilines is 1. The standard InChI is InChI=1S/C48H59ClN13O5Si/c1-57(2)27-30-67-41-6-4-3-5-35(41)31-61-33-55-38-11-12-39(56-45(38)61)46(64)52-19-29-66-28-15-42(63)59-25-23-58(24-26-59)20-14-40(34-7-9-36(49)10-8-34)62(68)47(65)48(50)16-21-60(22-17-48)44-37-13-18-51-43(37)53-32-54-44/h3-13,18,32-33,40H,14-17,19-31,50H2,1-2H3,(H,52,64)(H,51,53,54)/t40-/m0/s1. The molecular formula is C48H59ClN13O5Si. The summed E-state index contributed by atoms with van der Waals surface area (Å²) < 4.78 is 15.3. The molecule has 6 aromatic rings. The number of nitrogens with two attached hydrogens (primary N) is 1. The molecule has 2 aromatic carbocycles. The highest BCUT2D eigenvalue weighted by Crippen LogP contribution is 2.32. The highest BCUT2D eigenvalue weighted by atomic mass is 35.5. The van der Waals surface area contributed by atoms with Gasteiger partial charge in [-0.3, -0.25) is 19.3 Å². The van der Waals surface area contributed by atoms with Crippen molar-refractivity contribution in [1.29, 1.82) is 0 Å². The van der Waals surface area contributed by atoms with E-state index in [0.717, 1.165) is 40.3 Å². The SMILES string of the molecule is CN(C)CCOc1ccccc1Cn1cnc2ccc(C(=O)NCCOCCC(=O)N3CCN(CC[C@@H](c4ccc(Cl)cc4)N([Si])C(=O)C4(N)CCN(c5ncnc6[nH]ccc56)CC4)CC3)nc21. The quantitative estimate of drug-likeness (QED) is 0.0742. The van der Waals surface area contributed by atoms with Gasteiger partial charge in [-0.2, -0.15) is 0 Å².